The van der Waals surface area contributed by atoms with Crippen LogP contribution in [0.4, 0.5) is 0 Å². The monoisotopic (exact) mass is 396 g/mol. The number of imidazole rings is 1. The molecular weight excluding hydrogens is 376 g/mol. The number of hydrogen-bond donors (Lipinski definition) is 0. The van der Waals surface area contributed by atoms with Gasteiger partial charge in [0, 0.05) is 42.5 Å². The summed E-state index contributed by atoms with van der Waals surface area (Å²) in [6.45, 7) is 3.66. The van der Waals surface area contributed by atoms with Crippen LogP contribution in [-0.4, -0.2) is 39.1 Å². The summed E-state index contributed by atoms with van der Waals surface area (Å²) >= 11 is 0. The largest absolute Gasteiger partial charge is 0.334 e. The van der Waals surface area contributed by atoms with E-state index in [0.717, 1.165) is 40.6 Å². The molecule has 0 radical (unpaired) electrons. The van der Waals surface area contributed by atoms with E-state index in [0.29, 0.717) is 6.54 Å². The van der Waals surface area contributed by atoms with Gasteiger partial charge in [-0.15, -0.1) is 10.2 Å². The molecule has 0 aliphatic heterocycles. The summed E-state index contributed by atoms with van der Waals surface area (Å²) in [5, 5.41) is 12.4. The number of aryl methyl sites for hydroxylation is 1. The van der Waals surface area contributed by atoms with E-state index in [4.69, 9.17) is 5.10 Å². The summed E-state index contributed by atoms with van der Waals surface area (Å²) in [4.78, 5) is 8.95. The zero-order chi connectivity index (χ0) is 20.3. The lowest BCUT2D eigenvalue weighted by molar-refractivity contribution is 0.608. The van der Waals surface area contributed by atoms with Crippen molar-refractivity contribution in [2.24, 2.45) is 0 Å². The van der Waals surface area contributed by atoms with E-state index >= 15 is 0 Å². The smallest absolute Gasteiger partial charge is 0.139 e. The zero-order valence-corrected chi connectivity index (χ0v) is 16.5. The Hall–Kier alpha value is -4.07. The van der Waals surface area contributed by atoms with Crippen LogP contribution in [0, 0.1) is 0 Å². The third-order valence-corrected chi connectivity index (χ3v) is 5.01. The van der Waals surface area contributed by atoms with Crippen molar-refractivity contribution in [2.45, 2.75) is 20.0 Å². The van der Waals surface area contributed by atoms with Gasteiger partial charge < -0.3 is 4.57 Å². The molecule has 5 rings (SSSR count). The first kappa shape index (κ1) is 18.0. The lowest BCUT2D eigenvalue weighted by Crippen LogP contribution is -2.08. The highest BCUT2D eigenvalue weighted by atomic mass is 15.3. The van der Waals surface area contributed by atoms with E-state index < -0.39 is 0 Å². The number of aromatic nitrogens is 8. The van der Waals surface area contributed by atoms with Gasteiger partial charge in [0.1, 0.15) is 24.3 Å². The predicted octanol–water partition coefficient (Wildman–Crippen LogP) is 3.46. The van der Waals surface area contributed by atoms with Crippen LogP contribution in [0.3, 0.4) is 0 Å². The predicted molar refractivity (Wildman–Crippen MR) is 113 cm³/mol. The van der Waals surface area contributed by atoms with Crippen molar-refractivity contribution >= 4 is 0 Å². The van der Waals surface area contributed by atoms with Gasteiger partial charge in [-0.25, -0.2) is 9.97 Å². The molecular formula is C22H20N8. The van der Waals surface area contributed by atoms with Crippen molar-refractivity contribution in [2.75, 3.05) is 0 Å². The summed E-state index contributed by atoms with van der Waals surface area (Å²) in [6, 6.07) is 14.4. The first-order valence-corrected chi connectivity index (χ1v) is 9.75. The first-order chi connectivity index (χ1) is 14.8. The fourth-order valence-corrected chi connectivity index (χ4v) is 3.41. The third kappa shape index (κ3) is 3.50. The highest BCUT2D eigenvalue weighted by Crippen LogP contribution is 2.25. The van der Waals surface area contributed by atoms with Crippen LogP contribution in [0.1, 0.15) is 12.7 Å². The first-order valence-electron chi connectivity index (χ1n) is 9.75. The summed E-state index contributed by atoms with van der Waals surface area (Å²) < 4.78 is 5.82. The van der Waals surface area contributed by atoms with E-state index in [2.05, 4.69) is 49.9 Å². The minimum atomic E-state index is 0.648. The Morgan fingerprint density at radius 3 is 2.53 bits per heavy atom. The number of nitrogens with zero attached hydrogens (tertiary/aromatic N) is 8. The highest BCUT2D eigenvalue weighted by molar-refractivity contribution is 5.71. The second kappa shape index (κ2) is 7.75. The standard InChI is InChI=1S/C22H20N8/c1-2-28-11-9-23-22(28)14-30-10-8-20(27-30)18-5-3-4-17(12-18)19-6-7-21(24-13-19)29-15-25-26-16-29/h3-13,15-16H,2,14H2,1H3. The summed E-state index contributed by atoms with van der Waals surface area (Å²) in [7, 11) is 0. The molecule has 0 bridgehead atoms. The molecule has 0 unspecified atom stereocenters. The van der Waals surface area contributed by atoms with Crippen LogP contribution in [-0.2, 0) is 13.1 Å². The van der Waals surface area contributed by atoms with Crippen molar-refractivity contribution in [3.8, 4) is 28.2 Å². The van der Waals surface area contributed by atoms with Gasteiger partial charge in [0.25, 0.3) is 0 Å². The molecule has 4 aromatic heterocycles. The van der Waals surface area contributed by atoms with Crippen molar-refractivity contribution in [1.29, 1.82) is 0 Å². The Kier molecular flexibility index (Phi) is 4.65. The molecule has 0 saturated heterocycles. The zero-order valence-electron chi connectivity index (χ0n) is 16.5. The van der Waals surface area contributed by atoms with Crippen LogP contribution < -0.4 is 0 Å². The van der Waals surface area contributed by atoms with E-state index in [-0.39, 0.29) is 0 Å². The fourth-order valence-electron chi connectivity index (χ4n) is 3.41. The molecule has 148 valence electrons. The third-order valence-electron chi connectivity index (χ3n) is 5.01. The normalized spacial score (nSPS) is 11.1. The molecule has 8 nitrogen and oxygen atoms in total. The van der Waals surface area contributed by atoms with Crippen molar-refractivity contribution in [3.63, 3.8) is 0 Å². The Morgan fingerprint density at radius 2 is 1.73 bits per heavy atom. The fraction of sp³-hybridized carbons (Fsp3) is 0.136. The number of rotatable bonds is 6. The molecule has 30 heavy (non-hydrogen) atoms. The molecule has 0 atom stereocenters. The number of benzene rings is 1. The molecule has 0 amide bonds. The van der Waals surface area contributed by atoms with Gasteiger partial charge >= 0.3 is 0 Å². The molecule has 0 N–H and O–H groups in total. The van der Waals surface area contributed by atoms with E-state index in [1.165, 1.54) is 0 Å². The molecule has 0 aliphatic rings. The molecule has 5 aromatic rings. The van der Waals surface area contributed by atoms with E-state index in [9.17, 15) is 0 Å². The average molecular weight is 396 g/mol. The quantitative estimate of drug-likeness (QED) is 0.439. The number of pyridine rings is 1. The van der Waals surface area contributed by atoms with Gasteiger partial charge in [0.15, 0.2) is 0 Å². The summed E-state index contributed by atoms with van der Waals surface area (Å²) in [6.07, 6.45) is 10.9. The van der Waals surface area contributed by atoms with Crippen LogP contribution in [0.2, 0.25) is 0 Å². The summed E-state index contributed by atoms with van der Waals surface area (Å²) in [5.74, 6) is 1.78. The minimum absolute atomic E-state index is 0.648. The van der Waals surface area contributed by atoms with Gasteiger partial charge in [-0.3, -0.25) is 9.25 Å². The van der Waals surface area contributed by atoms with Crippen molar-refractivity contribution < 1.29 is 0 Å². The Labute approximate surface area is 173 Å². The van der Waals surface area contributed by atoms with Crippen LogP contribution in [0.5, 0.6) is 0 Å². The van der Waals surface area contributed by atoms with Crippen LogP contribution >= 0.6 is 0 Å². The van der Waals surface area contributed by atoms with Gasteiger partial charge in [0.2, 0.25) is 0 Å². The van der Waals surface area contributed by atoms with Gasteiger partial charge in [-0.1, -0.05) is 18.2 Å². The molecule has 8 heteroatoms. The maximum Gasteiger partial charge on any atom is 0.139 e. The van der Waals surface area contributed by atoms with Crippen LogP contribution in [0.25, 0.3) is 28.2 Å². The van der Waals surface area contributed by atoms with Gasteiger partial charge in [0.05, 0.1) is 12.2 Å². The summed E-state index contributed by atoms with van der Waals surface area (Å²) in [5.41, 5.74) is 4.12. The van der Waals surface area contributed by atoms with Gasteiger partial charge in [-0.2, -0.15) is 5.10 Å². The SMILES string of the molecule is CCn1ccnc1Cn1ccc(-c2cccc(-c3ccc(-n4cnnc4)nc3)c2)n1. The second-order valence-corrected chi connectivity index (χ2v) is 6.88. The lowest BCUT2D eigenvalue weighted by atomic mass is 10.0. The molecule has 4 heterocycles. The minimum Gasteiger partial charge on any atom is -0.334 e. The van der Waals surface area contributed by atoms with E-state index in [1.807, 2.05) is 53.7 Å². The Bertz CT molecular complexity index is 1250. The molecule has 0 fully saturated rings. The Morgan fingerprint density at radius 1 is 0.867 bits per heavy atom. The average Bonchev–Trinajstić information content (AvgIpc) is 3.56. The van der Waals surface area contributed by atoms with Crippen LogP contribution in [0.15, 0.2) is 79.9 Å². The topological polar surface area (TPSA) is 79.2 Å². The maximum atomic E-state index is 4.74. The lowest BCUT2D eigenvalue weighted by Gasteiger charge is -2.06. The molecule has 0 spiro atoms. The van der Waals surface area contributed by atoms with Gasteiger partial charge in [-0.05, 0) is 36.8 Å². The molecule has 0 saturated carbocycles. The van der Waals surface area contributed by atoms with Crippen molar-refractivity contribution in [3.05, 3.63) is 85.7 Å². The maximum absolute atomic E-state index is 4.74. The highest BCUT2D eigenvalue weighted by Gasteiger charge is 2.08. The van der Waals surface area contributed by atoms with E-state index in [1.54, 1.807) is 17.2 Å². The Balaban J connectivity index is 1.38. The number of hydrogen-bond acceptors (Lipinski definition) is 5. The molecule has 1 aromatic carbocycles. The van der Waals surface area contributed by atoms with Crippen molar-refractivity contribution in [1.82, 2.24) is 39.1 Å². The molecule has 0 aliphatic carbocycles. The second-order valence-electron chi connectivity index (χ2n) is 6.88.